The third-order valence-corrected chi connectivity index (χ3v) is 4.62. The number of rotatable bonds is 6. The summed E-state index contributed by atoms with van der Waals surface area (Å²) >= 11 is 0. The zero-order valence-corrected chi connectivity index (χ0v) is 14.6. The van der Waals surface area contributed by atoms with Gasteiger partial charge in [-0.2, -0.15) is 5.10 Å². The molecule has 4 nitrogen and oxygen atoms in total. The standard InChI is InChI=1S/C21H19F2N3O/c22-21(23)19-12-18(16-6-7-16)25-26(19)13-20(27)24-17-10-8-15(9-11-17)14-4-2-1-3-5-14/h1-5,8-12,16,21H,6-7,13H2,(H,24,27). The first-order valence-corrected chi connectivity index (χ1v) is 8.91. The molecular formula is C21H19F2N3O. The van der Waals surface area contributed by atoms with Crippen molar-refractivity contribution < 1.29 is 13.6 Å². The van der Waals surface area contributed by atoms with Crippen LogP contribution in [0.4, 0.5) is 14.5 Å². The van der Waals surface area contributed by atoms with Gasteiger partial charge in [0.2, 0.25) is 5.91 Å². The van der Waals surface area contributed by atoms with Gasteiger partial charge in [-0.1, -0.05) is 42.5 Å². The van der Waals surface area contributed by atoms with Crippen molar-refractivity contribution in [3.63, 3.8) is 0 Å². The third kappa shape index (κ3) is 4.05. The molecule has 27 heavy (non-hydrogen) atoms. The minimum absolute atomic E-state index is 0.202. The van der Waals surface area contributed by atoms with Crippen LogP contribution in [0, 0.1) is 0 Å². The van der Waals surface area contributed by atoms with E-state index in [0.29, 0.717) is 11.4 Å². The molecule has 1 saturated carbocycles. The Morgan fingerprint density at radius 1 is 1.07 bits per heavy atom. The number of nitrogens with one attached hydrogen (secondary N) is 1. The van der Waals surface area contributed by atoms with Gasteiger partial charge in [0, 0.05) is 11.6 Å². The van der Waals surface area contributed by atoms with Crippen LogP contribution in [0.2, 0.25) is 0 Å². The summed E-state index contributed by atoms with van der Waals surface area (Å²) in [5.41, 5.74) is 3.19. The lowest BCUT2D eigenvalue weighted by Gasteiger charge is -2.09. The maximum atomic E-state index is 13.2. The Morgan fingerprint density at radius 3 is 2.37 bits per heavy atom. The summed E-state index contributed by atoms with van der Waals surface area (Å²) in [5, 5.41) is 6.95. The molecule has 1 aliphatic carbocycles. The van der Waals surface area contributed by atoms with E-state index in [0.717, 1.165) is 28.7 Å². The van der Waals surface area contributed by atoms with Crippen molar-refractivity contribution in [3.8, 4) is 11.1 Å². The van der Waals surface area contributed by atoms with Gasteiger partial charge in [0.1, 0.15) is 12.2 Å². The fourth-order valence-electron chi connectivity index (χ4n) is 3.05. The molecule has 0 radical (unpaired) electrons. The highest BCUT2D eigenvalue weighted by Gasteiger charge is 2.29. The highest BCUT2D eigenvalue weighted by Crippen LogP contribution is 2.40. The quantitative estimate of drug-likeness (QED) is 0.666. The van der Waals surface area contributed by atoms with Crippen LogP contribution in [0.1, 0.15) is 36.6 Å². The zero-order chi connectivity index (χ0) is 18.8. The van der Waals surface area contributed by atoms with Gasteiger partial charge < -0.3 is 5.32 Å². The first kappa shape index (κ1) is 17.4. The Kier molecular flexibility index (Phi) is 4.71. The number of hydrogen-bond donors (Lipinski definition) is 1. The third-order valence-electron chi connectivity index (χ3n) is 4.62. The Balaban J connectivity index is 1.44. The van der Waals surface area contributed by atoms with E-state index in [4.69, 9.17) is 0 Å². The average molecular weight is 367 g/mol. The molecule has 138 valence electrons. The number of hydrogen-bond acceptors (Lipinski definition) is 2. The molecule has 0 unspecified atom stereocenters. The first-order chi connectivity index (χ1) is 13.1. The van der Waals surface area contributed by atoms with Gasteiger partial charge in [-0.3, -0.25) is 9.48 Å². The number of amides is 1. The monoisotopic (exact) mass is 367 g/mol. The number of aromatic nitrogens is 2. The Labute approximate surface area is 155 Å². The molecule has 0 saturated heterocycles. The predicted molar refractivity (Wildman–Crippen MR) is 99.7 cm³/mol. The number of benzene rings is 2. The molecule has 1 aromatic heterocycles. The molecule has 4 rings (SSSR count). The summed E-state index contributed by atoms with van der Waals surface area (Å²) in [4.78, 5) is 12.3. The number of carbonyl (C=O) groups excluding carboxylic acids is 1. The molecule has 1 amide bonds. The summed E-state index contributed by atoms with van der Waals surface area (Å²) in [7, 11) is 0. The first-order valence-electron chi connectivity index (χ1n) is 8.91. The molecule has 0 spiro atoms. The van der Waals surface area contributed by atoms with E-state index in [1.165, 1.54) is 6.07 Å². The molecule has 2 aromatic carbocycles. The van der Waals surface area contributed by atoms with E-state index in [1.54, 1.807) is 12.1 Å². The van der Waals surface area contributed by atoms with Gasteiger partial charge in [-0.15, -0.1) is 0 Å². The number of alkyl halides is 2. The van der Waals surface area contributed by atoms with Crippen LogP contribution < -0.4 is 5.32 Å². The SMILES string of the molecule is O=C(Cn1nc(C2CC2)cc1C(F)F)Nc1ccc(-c2ccccc2)cc1. The van der Waals surface area contributed by atoms with Crippen LogP contribution >= 0.6 is 0 Å². The highest BCUT2D eigenvalue weighted by atomic mass is 19.3. The number of carbonyl (C=O) groups is 1. The maximum Gasteiger partial charge on any atom is 0.280 e. The maximum absolute atomic E-state index is 13.2. The Morgan fingerprint density at radius 2 is 1.74 bits per heavy atom. The van der Waals surface area contributed by atoms with Gasteiger partial charge in [-0.25, -0.2) is 8.78 Å². The van der Waals surface area contributed by atoms with E-state index >= 15 is 0 Å². The average Bonchev–Trinajstić information content (AvgIpc) is 3.43. The van der Waals surface area contributed by atoms with Crippen LogP contribution in [-0.4, -0.2) is 15.7 Å². The summed E-state index contributed by atoms with van der Waals surface area (Å²) in [6, 6.07) is 18.7. The lowest BCUT2D eigenvalue weighted by molar-refractivity contribution is -0.117. The van der Waals surface area contributed by atoms with Crippen molar-refractivity contribution in [3.05, 3.63) is 72.1 Å². The zero-order valence-electron chi connectivity index (χ0n) is 14.6. The van der Waals surface area contributed by atoms with Crippen LogP contribution in [0.3, 0.4) is 0 Å². The molecule has 6 heteroatoms. The van der Waals surface area contributed by atoms with Crippen molar-refractivity contribution in [1.29, 1.82) is 0 Å². The topological polar surface area (TPSA) is 46.9 Å². The number of halogens is 2. The molecule has 0 aliphatic heterocycles. The van der Waals surface area contributed by atoms with Crippen LogP contribution in [0.5, 0.6) is 0 Å². The normalized spacial score (nSPS) is 13.7. The second-order valence-corrected chi connectivity index (χ2v) is 6.72. The van der Waals surface area contributed by atoms with Gasteiger partial charge >= 0.3 is 0 Å². The minimum atomic E-state index is -2.65. The fourth-order valence-corrected chi connectivity index (χ4v) is 3.05. The second kappa shape index (κ2) is 7.31. The smallest absolute Gasteiger partial charge is 0.280 e. The Hall–Kier alpha value is -3.02. The molecule has 0 bridgehead atoms. The molecule has 1 heterocycles. The summed E-state index contributed by atoms with van der Waals surface area (Å²) in [6.45, 7) is -0.229. The van der Waals surface area contributed by atoms with Crippen molar-refractivity contribution in [1.82, 2.24) is 9.78 Å². The predicted octanol–water partition coefficient (Wildman–Crippen LogP) is 5.00. The Bertz CT molecular complexity index is 932. The van der Waals surface area contributed by atoms with Crippen molar-refractivity contribution in [2.24, 2.45) is 0 Å². The lowest BCUT2D eigenvalue weighted by atomic mass is 10.1. The number of nitrogens with zero attached hydrogens (tertiary/aromatic N) is 2. The lowest BCUT2D eigenvalue weighted by Crippen LogP contribution is -2.21. The van der Waals surface area contributed by atoms with Crippen molar-refractivity contribution in [2.45, 2.75) is 31.7 Å². The van der Waals surface area contributed by atoms with E-state index in [2.05, 4.69) is 10.4 Å². The van der Waals surface area contributed by atoms with Crippen molar-refractivity contribution in [2.75, 3.05) is 5.32 Å². The summed E-state index contributed by atoms with van der Waals surface area (Å²) in [6.07, 6.45) is -0.706. The fraction of sp³-hybridized carbons (Fsp3) is 0.238. The number of anilines is 1. The van der Waals surface area contributed by atoms with Gasteiger partial charge in [0.25, 0.3) is 6.43 Å². The van der Waals surface area contributed by atoms with Crippen molar-refractivity contribution >= 4 is 11.6 Å². The van der Waals surface area contributed by atoms with Crippen LogP contribution in [0.15, 0.2) is 60.7 Å². The van der Waals surface area contributed by atoms with Gasteiger partial charge in [0.05, 0.1) is 5.69 Å². The van der Waals surface area contributed by atoms with E-state index < -0.39 is 6.43 Å². The minimum Gasteiger partial charge on any atom is -0.324 e. The van der Waals surface area contributed by atoms with E-state index in [-0.39, 0.29) is 24.1 Å². The summed E-state index contributed by atoms with van der Waals surface area (Å²) < 4.78 is 27.5. The molecule has 1 N–H and O–H groups in total. The second-order valence-electron chi connectivity index (χ2n) is 6.72. The summed E-state index contributed by atoms with van der Waals surface area (Å²) in [5.74, 6) is -0.118. The van der Waals surface area contributed by atoms with E-state index in [1.807, 2.05) is 42.5 Å². The molecule has 0 atom stereocenters. The molecular weight excluding hydrogens is 348 g/mol. The molecule has 1 aliphatic rings. The van der Waals surface area contributed by atoms with Crippen LogP contribution in [0.25, 0.3) is 11.1 Å². The van der Waals surface area contributed by atoms with Crippen LogP contribution in [-0.2, 0) is 11.3 Å². The molecule has 3 aromatic rings. The van der Waals surface area contributed by atoms with E-state index in [9.17, 15) is 13.6 Å². The highest BCUT2D eigenvalue weighted by molar-refractivity contribution is 5.90. The largest absolute Gasteiger partial charge is 0.324 e. The van der Waals surface area contributed by atoms with Gasteiger partial charge in [-0.05, 0) is 42.2 Å². The molecule has 1 fully saturated rings. The van der Waals surface area contributed by atoms with Gasteiger partial charge in [0.15, 0.2) is 0 Å².